The summed E-state index contributed by atoms with van der Waals surface area (Å²) in [5.41, 5.74) is -0.0196. The van der Waals surface area contributed by atoms with Crippen molar-refractivity contribution >= 4 is 35.1 Å². The smallest absolute Gasteiger partial charge is 0.312 e. The van der Waals surface area contributed by atoms with Crippen molar-refractivity contribution in [1.29, 1.82) is 0 Å². The van der Waals surface area contributed by atoms with Crippen LogP contribution in [0.2, 0.25) is 5.02 Å². The van der Waals surface area contributed by atoms with E-state index >= 15 is 0 Å². The van der Waals surface area contributed by atoms with E-state index in [1.54, 1.807) is 11.9 Å². The normalized spacial score (nSPS) is 25.0. The Kier molecular flexibility index (Phi) is 7.92. The number of halogens is 1. The number of esters is 1. The number of cyclic esters (lactones) is 1. The third-order valence-corrected chi connectivity index (χ3v) is 9.82. The molecule has 0 radical (unpaired) electrons. The number of hydrogen-bond acceptors (Lipinski definition) is 6. The molecule has 8 nitrogen and oxygen atoms in total. The lowest BCUT2D eigenvalue weighted by Crippen LogP contribution is -2.60. The number of rotatable bonds is 6. The minimum absolute atomic E-state index is 0.0549. The summed E-state index contributed by atoms with van der Waals surface area (Å²) in [5, 5.41) is 0.763. The Morgan fingerprint density at radius 1 is 1.05 bits per heavy atom. The van der Waals surface area contributed by atoms with Crippen LogP contribution in [0.3, 0.4) is 0 Å². The molecule has 0 unspecified atom stereocenters. The van der Waals surface area contributed by atoms with Gasteiger partial charge in [-0.25, -0.2) is 0 Å². The average Bonchev–Trinajstić information content (AvgIpc) is 3.53. The maximum atomic E-state index is 13.6. The number of piperidine rings is 1. The number of likely N-dealkylation sites (tertiary alicyclic amines) is 1. The standard InChI is InChI=1S/C29H41ClN4O4/c1-22(35)31(2)29(9-3-4-10-29)26(36)34-14-11-28(12-15-34)21-25(38-27(28)37)8-13-32-16-18-33(19-17-32)24-7-5-6-23(30)20-24/h5-7,20,25H,3-4,8-19,21H2,1-2H3/t25-/m0/s1. The number of carbonyl (C=O) groups excluding carboxylic acids is 3. The summed E-state index contributed by atoms with van der Waals surface area (Å²) in [5.74, 6) is -0.0963. The Morgan fingerprint density at radius 2 is 1.74 bits per heavy atom. The first-order valence-electron chi connectivity index (χ1n) is 14.2. The van der Waals surface area contributed by atoms with Gasteiger partial charge in [0.15, 0.2) is 0 Å². The number of hydrogen-bond donors (Lipinski definition) is 0. The molecule has 3 aliphatic heterocycles. The SMILES string of the molecule is CC(=O)N(C)C1(C(=O)N2CCC3(CC2)C[C@H](CCN2CCN(c4cccc(Cl)c4)CC2)OC3=O)CCCC1. The molecule has 5 rings (SSSR count). The first-order valence-corrected chi connectivity index (χ1v) is 14.6. The zero-order valence-corrected chi connectivity index (χ0v) is 23.5. The molecule has 0 aromatic heterocycles. The van der Waals surface area contributed by atoms with Crippen molar-refractivity contribution in [3.05, 3.63) is 29.3 Å². The molecule has 0 bridgehead atoms. The van der Waals surface area contributed by atoms with Crippen molar-refractivity contribution in [3.8, 4) is 0 Å². The molecular weight excluding hydrogens is 504 g/mol. The monoisotopic (exact) mass is 544 g/mol. The van der Waals surface area contributed by atoms with Crippen molar-refractivity contribution in [1.82, 2.24) is 14.7 Å². The molecule has 4 fully saturated rings. The van der Waals surface area contributed by atoms with Crippen LogP contribution < -0.4 is 4.90 Å². The van der Waals surface area contributed by atoms with Gasteiger partial charge in [-0.3, -0.25) is 19.3 Å². The van der Waals surface area contributed by atoms with Crippen LogP contribution in [-0.4, -0.2) is 97.0 Å². The van der Waals surface area contributed by atoms with Crippen LogP contribution in [0.4, 0.5) is 5.69 Å². The predicted octanol–water partition coefficient (Wildman–Crippen LogP) is 3.57. The van der Waals surface area contributed by atoms with Crippen LogP contribution >= 0.6 is 11.6 Å². The van der Waals surface area contributed by atoms with Crippen LogP contribution in [-0.2, 0) is 19.1 Å². The second kappa shape index (κ2) is 11.0. The topological polar surface area (TPSA) is 73.4 Å². The molecule has 38 heavy (non-hydrogen) atoms. The predicted molar refractivity (Wildman–Crippen MR) is 147 cm³/mol. The minimum atomic E-state index is -0.716. The van der Waals surface area contributed by atoms with Gasteiger partial charge in [0.25, 0.3) is 0 Å². The van der Waals surface area contributed by atoms with Crippen molar-refractivity contribution in [2.24, 2.45) is 5.41 Å². The highest BCUT2D eigenvalue weighted by Gasteiger charge is 2.53. The Labute approximate surface area is 231 Å². The molecule has 9 heteroatoms. The highest BCUT2D eigenvalue weighted by Crippen LogP contribution is 2.45. The number of amides is 2. The van der Waals surface area contributed by atoms with Crippen molar-refractivity contribution in [2.75, 3.05) is 57.8 Å². The quantitative estimate of drug-likeness (QED) is 0.510. The average molecular weight is 545 g/mol. The van der Waals surface area contributed by atoms with E-state index in [-0.39, 0.29) is 23.9 Å². The fourth-order valence-corrected chi connectivity index (χ4v) is 7.21. The van der Waals surface area contributed by atoms with Gasteiger partial charge in [0.05, 0.1) is 5.41 Å². The number of ether oxygens (including phenoxy) is 1. The van der Waals surface area contributed by atoms with Gasteiger partial charge in [-0.1, -0.05) is 30.5 Å². The number of likely N-dealkylation sites (N-methyl/N-ethyl adjacent to an activating group) is 1. The van der Waals surface area contributed by atoms with Crippen LogP contribution in [0.25, 0.3) is 0 Å². The summed E-state index contributed by atoms with van der Waals surface area (Å²) in [6, 6.07) is 8.01. The summed E-state index contributed by atoms with van der Waals surface area (Å²) in [4.78, 5) is 47.2. The van der Waals surface area contributed by atoms with Crippen molar-refractivity contribution in [3.63, 3.8) is 0 Å². The lowest BCUT2D eigenvalue weighted by atomic mass is 9.75. The number of piperazine rings is 1. The maximum absolute atomic E-state index is 13.6. The Morgan fingerprint density at radius 3 is 2.37 bits per heavy atom. The second-order valence-corrected chi connectivity index (χ2v) is 12.2. The molecule has 1 aliphatic carbocycles. The van der Waals surface area contributed by atoms with Crippen LogP contribution in [0.5, 0.6) is 0 Å². The summed E-state index contributed by atoms with van der Waals surface area (Å²) in [7, 11) is 1.76. The molecule has 1 spiro atoms. The van der Waals surface area contributed by atoms with E-state index in [4.69, 9.17) is 16.3 Å². The molecule has 3 heterocycles. The van der Waals surface area contributed by atoms with Gasteiger partial charge in [0, 0.05) is 76.9 Å². The molecule has 4 aliphatic rings. The summed E-state index contributed by atoms with van der Waals surface area (Å²) in [6.07, 6.45) is 6.20. The fourth-order valence-electron chi connectivity index (χ4n) is 7.02. The van der Waals surface area contributed by atoms with E-state index in [1.807, 2.05) is 23.1 Å². The largest absolute Gasteiger partial charge is 0.462 e. The van der Waals surface area contributed by atoms with Crippen LogP contribution in [0.15, 0.2) is 24.3 Å². The van der Waals surface area contributed by atoms with Gasteiger partial charge in [0.1, 0.15) is 11.6 Å². The van der Waals surface area contributed by atoms with E-state index < -0.39 is 11.0 Å². The summed E-state index contributed by atoms with van der Waals surface area (Å²) in [6.45, 7) is 7.43. The Bertz CT molecular complexity index is 1040. The Balaban J connectivity index is 1.10. The third kappa shape index (κ3) is 5.26. The van der Waals surface area contributed by atoms with Gasteiger partial charge in [-0.05, 0) is 50.3 Å². The van der Waals surface area contributed by atoms with Crippen molar-refractivity contribution < 1.29 is 19.1 Å². The fraction of sp³-hybridized carbons (Fsp3) is 0.690. The van der Waals surface area contributed by atoms with E-state index in [9.17, 15) is 14.4 Å². The zero-order valence-electron chi connectivity index (χ0n) is 22.8. The summed E-state index contributed by atoms with van der Waals surface area (Å²) < 4.78 is 5.89. The number of anilines is 1. The first kappa shape index (κ1) is 27.3. The molecule has 3 saturated heterocycles. The van der Waals surface area contributed by atoms with Gasteiger partial charge in [0.2, 0.25) is 11.8 Å². The van der Waals surface area contributed by atoms with Gasteiger partial charge < -0.3 is 19.4 Å². The van der Waals surface area contributed by atoms with Gasteiger partial charge >= 0.3 is 5.97 Å². The van der Waals surface area contributed by atoms with E-state index in [0.29, 0.717) is 25.9 Å². The molecule has 1 saturated carbocycles. The maximum Gasteiger partial charge on any atom is 0.312 e. The Hall–Kier alpha value is -2.32. The highest BCUT2D eigenvalue weighted by molar-refractivity contribution is 6.30. The first-order chi connectivity index (χ1) is 18.2. The lowest BCUT2D eigenvalue weighted by Gasteiger charge is -2.44. The van der Waals surface area contributed by atoms with E-state index in [2.05, 4.69) is 15.9 Å². The zero-order chi connectivity index (χ0) is 26.9. The van der Waals surface area contributed by atoms with E-state index in [1.165, 1.54) is 12.6 Å². The van der Waals surface area contributed by atoms with E-state index in [0.717, 1.165) is 76.3 Å². The van der Waals surface area contributed by atoms with Crippen LogP contribution in [0, 0.1) is 5.41 Å². The molecule has 1 aromatic rings. The van der Waals surface area contributed by atoms with Gasteiger partial charge in [-0.15, -0.1) is 0 Å². The molecule has 208 valence electrons. The highest BCUT2D eigenvalue weighted by atomic mass is 35.5. The summed E-state index contributed by atoms with van der Waals surface area (Å²) >= 11 is 6.16. The number of nitrogens with zero attached hydrogens (tertiary/aromatic N) is 4. The lowest BCUT2D eigenvalue weighted by molar-refractivity contribution is -0.157. The molecule has 1 aromatic carbocycles. The van der Waals surface area contributed by atoms with Crippen LogP contribution in [0.1, 0.15) is 58.3 Å². The molecule has 2 amide bonds. The van der Waals surface area contributed by atoms with Crippen molar-refractivity contribution in [2.45, 2.75) is 69.9 Å². The third-order valence-electron chi connectivity index (χ3n) is 9.59. The number of carbonyl (C=O) groups is 3. The molecule has 0 N–H and O–H groups in total. The second-order valence-electron chi connectivity index (χ2n) is 11.7. The minimum Gasteiger partial charge on any atom is -0.462 e. The van der Waals surface area contributed by atoms with Gasteiger partial charge in [-0.2, -0.15) is 0 Å². The molecule has 1 atom stereocenters. The number of benzene rings is 1. The molecular formula is C29H41ClN4O4.